The van der Waals surface area contributed by atoms with Crippen molar-refractivity contribution < 1.29 is 17.9 Å². The van der Waals surface area contributed by atoms with Crippen molar-refractivity contribution in [3.63, 3.8) is 0 Å². The van der Waals surface area contributed by atoms with Gasteiger partial charge in [-0.2, -0.15) is 4.31 Å². The van der Waals surface area contributed by atoms with E-state index in [2.05, 4.69) is 15.2 Å². The van der Waals surface area contributed by atoms with Gasteiger partial charge in [0.25, 0.3) is 5.91 Å². The first-order chi connectivity index (χ1) is 14.8. The average molecular weight is 487 g/mol. The summed E-state index contributed by atoms with van der Waals surface area (Å²) in [6.45, 7) is 3.43. The number of piperazine rings is 1. The van der Waals surface area contributed by atoms with Crippen LogP contribution in [0.25, 0.3) is 0 Å². The molecule has 1 fully saturated rings. The molecule has 1 atom stereocenters. The van der Waals surface area contributed by atoms with Crippen LogP contribution in [0.3, 0.4) is 0 Å². The van der Waals surface area contributed by atoms with Crippen LogP contribution in [0.15, 0.2) is 42.6 Å². The third-order valence-corrected chi connectivity index (χ3v) is 7.23. The highest BCUT2D eigenvalue weighted by Gasteiger charge is 2.27. The Kier molecular flexibility index (Phi) is 7.99. The standard InChI is InChI=1S/C20H24Cl2N4O4S/c1-15(30-18-6-5-16(21)14-17(18)22)20(27)24-8-13-31(28,29)26-11-9-25(10-12-26)19-4-2-3-7-23-19/h2-7,14-15H,8-13H2,1H3,(H,24,27). The maximum atomic E-state index is 12.6. The number of aromatic nitrogens is 1. The highest BCUT2D eigenvalue weighted by molar-refractivity contribution is 7.89. The van der Waals surface area contributed by atoms with Crippen LogP contribution in [0, 0.1) is 0 Å². The molecule has 1 N–H and O–H groups in total. The van der Waals surface area contributed by atoms with Gasteiger partial charge in [0.1, 0.15) is 11.6 Å². The number of benzene rings is 1. The largest absolute Gasteiger partial charge is 0.479 e. The summed E-state index contributed by atoms with van der Waals surface area (Å²) in [6.07, 6.45) is 0.871. The van der Waals surface area contributed by atoms with Crippen LogP contribution >= 0.6 is 23.2 Å². The molecule has 1 saturated heterocycles. The van der Waals surface area contributed by atoms with Gasteiger partial charge in [0.15, 0.2) is 6.10 Å². The van der Waals surface area contributed by atoms with Crippen molar-refractivity contribution in [2.24, 2.45) is 0 Å². The van der Waals surface area contributed by atoms with Crippen molar-refractivity contribution in [1.29, 1.82) is 0 Å². The molecule has 1 unspecified atom stereocenters. The minimum atomic E-state index is -3.49. The maximum Gasteiger partial charge on any atom is 0.260 e. The Balaban J connectivity index is 1.44. The SMILES string of the molecule is CC(Oc1ccc(Cl)cc1Cl)C(=O)NCCS(=O)(=O)N1CCN(c2ccccn2)CC1. The fourth-order valence-corrected chi connectivity index (χ4v) is 4.92. The molecule has 2 heterocycles. The molecule has 1 amide bonds. The van der Waals surface area contributed by atoms with Gasteiger partial charge in [0.2, 0.25) is 10.0 Å². The fourth-order valence-electron chi connectivity index (χ4n) is 3.13. The Bertz CT molecular complexity index is 999. The predicted octanol–water partition coefficient (Wildman–Crippen LogP) is 2.42. The minimum Gasteiger partial charge on any atom is -0.479 e. The van der Waals surface area contributed by atoms with Gasteiger partial charge in [0, 0.05) is 43.9 Å². The number of amides is 1. The van der Waals surface area contributed by atoms with Crippen LogP contribution in [0.1, 0.15) is 6.92 Å². The van der Waals surface area contributed by atoms with Gasteiger partial charge in [-0.25, -0.2) is 13.4 Å². The average Bonchev–Trinajstić information content (AvgIpc) is 2.76. The van der Waals surface area contributed by atoms with E-state index in [1.54, 1.807) is 25.3 Å². The predicted molar refractivity (Wildman–Crippen MR) is 121 cm³/mol. The molecule has 8 nitrogen and oxygen atoms in total. The summed E-state index contributed by atoms with van der Waals surface area (Å²) in [5.74, 6) is 0.548. The highest BCUT2D eigenvalue weighted by Crippen LogP contribution is 2.28. The van der Waals surface area contributed by atoms with Crippen LogP contribution in [0.5, 0.6) is 5.75 Å². The summed E-state index contributed by atoms with van der Waals surface area (Å²) in [5, 5.41) is 3.35. The smallest absolute Gasteiger partial charge is 0.260 e. The van der Waals surface area contributed by atoms with E-state index in [9.17, 15) is 13.2 Å². The number of nitrogens with zero attached hydrogens (tertiary/aromatic N) is 3. The summed E-state index contributed by atoms with van der Waals surface area (Å²) >= 11 is 11.9. The van der Waals surface area contributed by atoms with Crippen molar-refractivity contribution in [1.82, 2.24) is 14.6 Å². The molecule has 1 aromatic heterocycles. The zero-order valence-electron chi connectivity index (χ0n) is 17.0. The molecule has 3 rings (SSSR count). The minimum absolute atomic E-state index is 0.0102. The lowest BCUT2D eigenvalue weighted by Crippen LogP contribution is -2.50. The maximum absolute atomic E-state index is 12.6. The van der Waals surface area contributed by atoms with Crippen LogP contribution in [0.4, 0.5) is 5.82 Å². The van der Waals surface area contributed by atoms with E-state index in [1.165, 1.54) is 10.4 Å². The number of halogens is 2. The van der Waals surface area contributed by atoms with Crippen molar-refractivity contribution in [3.8, 4) is 5.75 Å². The van der Waals surface area contributed by atoms with Crippen LogP contribution in [-0.2, 0) is 14.8 Å². The Morgan fingerprint density at radius 3 is 2.58 bits per heavy atom. The van der Waals surface area contributed by atoms with Crippen LogP contribution in [0.2, 0.25) is 10.0 Å². The number of carbonyl (C=O) groups excluding carboxylic acids is 1. The van der Waals surface area contributed by atoms with Gasteiger partial charge >= 0.3 is 0 Å². The monoisotopic (exact) mass is 486 g/mol. The van der Waals surface area contributed by atoms with Crippen molar-refractivity contribution >= 4 is 45.0 Å². The number of hydrogen-bond acceptors (Lipinski definition) is 6. The molecule has 0 spiro atoms. The number of anilines is 1. The molecular formula is C20H24Cl2N4O4S. The topological polar surface area (TPSA) is 91.8 Å². The Morgan fingerprint density at radius 2 is 1.94 bits per heavy atom. The van der Waals surface area contributed by atoms with E-state index in [4.69, 9.17) is 27.9 Å². The molecule has 1 aromatic carbocycles. The Morgan fingerprint density at radius 1 is 1.19 bits per heavy atom. The van der Waals surface area contributed by atoms with Gasteiger partial charge < -0.3 is 15.0 Å². The summed E-state index contributed by atoms with van der Waals surface area (Å²) in [4.78, 5) is 18.6. The summed E-state index contributed by atoms with van der Waals surface area (Å²) in [5.41, 5.74) is 0. The third kappa shape index (κ3) is 6.46. The summed E-state index contributed by atoms with van der Waals surface area (Å²) in [7, 11) is -3.49. The molecule has 0 bridgehead atoms. The molecule has 0 radical (unpaired) electrons. The number of hydrogen-bond donors (Lipinski definition) is 1. The Labute approximate surface area is 192 Å². The molecule has 2 aromatic rings. The molecule has 1 aliphatic rings. The number of sulfonamides is 1. The normalized spacial score (nSPS) is 16.0. The number of rotatable bonds is 8. The second kappa shape index (κ2) is 10.5. The number of carbonyl (C=O) groups is 1. The van der Waals surface area contributed by atoms with E-state index >= 15 is 0 Å². The lowest BCUT2D eigenvalue weighted by atomic mass is 10.3. The molecule has 11 heteroatoms. The molecule has 0 saturated carbocycles. The first-order valence-electron chi connectivity index (χ1n) is 9.79. The first-order valence-corrected chi connectivity index (χ1v) is 12.2. The lowest BCUT2D eigenvalue weighted by Gasteiger charge is -2.34. The van der Waals surface area contributed by atoms with E-state index in [1.807, 2.05) is 18.2 Å². The van der Waals surface area contributed by atoms with Gasteiger partial charge in [-0.1, -0.05) is 29.3 Å². The number of pyridine rings is 1. The summed E-state index contributed by atoms with van der Waals surface area (Å²) < 4.78 is 32.2. The van der Waals surface area contributed by atoms with Crippen LogP contribution in [-0.4, -0.2) is 68.2 Å². The second-order valence-corrected chi connectivity index (χ2v) is 9.95. The molecule has 0 aliphatic carbocycles. The number of nitrogens with one attached hydrogen (secondary N) is 1. The van der Waals surface area contributed by atoms with Crippen molar-refractivity contribution in [3.05, 3.63) is 52.6 Å². The van der Waals surface area contributed by atoms with E-state index in [0.29, 0.717) is 42.0 Å². The lowest BCUT2D eigenvalue weighted by molar-refractivity contribution is -0.127. The zero-order valence-corrected chi connectivity index (χ0v) is 19.3. The molecule has 168 valence electrons. The van der Waals surface area contributed by atoms with Crippen molar-refractivity contribution in [2.45, 2.75) is 13.0 Å². The Hall–Kier alpha value is -2.07. The third-order valence-electron chi connectivity index (χ3n) is 4.83. The van der Waals surface area contributed by atoms with E-state index in [0.717, 1.165) is 5.82 Å². The molecule has 1 aliphatic heterocycles. The zero-order chi connectivity index (χ0) is 22.4. The molecular weight excluding hydrogens is 463 g/mol. The van der Waals surface area contributed by atoms with Crippen LogP contribution < -0.4 is 15.0 Å². The first kappa shape index (κ1) is 23.6. The highest BCUT2D eigenvalue weighted by atomic mass is 35.5. The fraction of sp³-hybridized carbons (Fsp3) is 0.400. The van der Waals surface area contributed by atoms with Gasteiger partial charge in [-0.15, -0.1) is 0 Å². The van der Waals surface area contributed by atoms with Gasteiger partial charge in [-0.05, 0) is 37.3 Å². The van der Waals surface area contributed by atoms with Crippen molar-refractivity contribution in [2.75, 3.05) is 43.4 Å². The van der Waals surface area contributed by atoms with E-state index < -0.39 is 22.0 Å². The second-order valence-electron chi connectivity index (χ2n) is 7.02. The number of ether oxygens (including phenoxy) is 1. The van der Waals surface area contributed by atoms with Gasteiger partial charge in [-0.3, -0.25) is 4.79 Å². The summed E-state index contributed by atoms with van der Waals surface area (Å²) in [6, 6.07) is 10.3. The van der Waals surface area contributed by atoms with E-state index in [-0.39, 0.29) is 12.3 Å². The van der Waals surface area contributed by atoms with Gasteiger partial charge in [0.05, 0.1) is 10.8 Å². The molecule has 31 heavy (non-hydrogen) atoms. The quantitative estimate of drug-likeness (QED) is 0.615.